The molecule has 0 atom stereocenters. The molecule has 2 aromatic carbocycles. The van der Waals surface area contributed by atoms with E-state index in [1.165, 1.54) is 18.4 Å². The van der Waals surface area contributed by atoms with Gasteiger partial charge >= 0.3 is 0 Å². The normalized spacial score (nSPS) is 13.6. The molecular formula is C23H24N4O. The van der Waals surface area contributed by atoms with Gasteiger partial charge in [0, 0.05) is 36.0 Å². The van der Waals surface area contributed by atoms with Gasteiger partial charge in [0.25, 0.3) is 5.91 Å². The topological polar surface area (TPSA) is 58.1 Å². The maximum atomic E-state index is 12.8. The van der Waals surface area contributed by atoms with E-state index >= 15 is 0 Å². The highest BCUT2D eigenvalue weighted by molar-refractivity contribution is 6.05. The number of hydrogen-bond acceptors (Lipinski definition) is 4. The van der Waals surface area contributed by atoms with Crippen LogP contribution < -0.4 is 10.2 Å². The van der Waals surface area contributed by atoms with Gasteiger partial charge in [0.15, 0.2) is 0 Å². The summed E-state index contributed by atoms with van der Waals surface area (Å²) in [6.07, 6.45) is 4.01. The van der Waals surface area contributed by atoms with Crippen molar-refractivity contribution in [1.29, 1.82) is 0 Å². The van der Waals surface area contributed by atoms with Crippen molar-refractivity contribution in [2.24, 2.45) is 0 Å². The Balaban J connectivity index is 1.57. The first-order valence-electron chi connectivity index (χ1n) is 9.66. The molecule has 5 nitrogen and oxygen atoms in total. The standard InChI is InChI=1S/C23H24N4O/c1-16-8-9-20(17(2)12-16)26-23(28)19-7-5-6-18(13-19)21-14-22(25-15-24-21)27-10-3-4-11-27/h5-9,12-15H,3-4,10-11H2,1-2H3,(H,26,28). The summed E-state index contributed by atoms with van der Waals surface area (Å²) in [5.74, 6) is 0.829. The van der Waals surface area contributed by atoms with Crippen LogP contribution in [-0.4, -0.2) is 29.0 Å². The van der Waals surface area contributed by atoms with E-state index in [2.05, 4.69) is 26.3 Å². The summed E-state index contributed by atoms with van der Waals surface area (Å²) >= 11 is 0. The first-order chi connectivity index (χ1) is 13.6. The Morgan fingerprint density at radius 1 is 1.00 bits per heavy atom. The average molecular weight is 372 g/mol. The first-order valence-corrected chi connectivity index (χ1v) is 9.66. The summed E-state index contributed by atoms with van der Waals surface area (Å²) in [4.78, 5) is 23.9. The number of aromatic nitrogens is 2. The molecule has 0 aliphatic carbocycles. The predicted octanol–water partition coefficient (Wildman–Crippen LogP) is 4.61. The molecule has 4 rings (SSSR count). The van der Waals surface area contributed by atoms with Gasteiger partial charge < -0.3 is 10.2 Å². The van der Waals surface area contributed by atoms with E-state index in [0.29, 0.717) is 5.56 Å². The van der Waals surface area contributed by atoms with Gasteiger partial charge in [-0.2, -0.15) is 0 Å². The third kappa shape index (κ3) is 3.88. The molecule has 3 aromatic rings. The molecule has 142 valence electrons. The Kier molecular flexibility index (Phi) is 5.06. The van der Waals surface area contributed by atoms with Gasteiger partial charge in [-0.05, 0) is 50.5 Å². The molecule has 1 saturated heterocycles. The zero-order valence-corrected chi connectivity index (χ0v) is 16.3. The molecular weight excluding hydrogens is 348 g/mol. The lowest BCUT2D eigenvalue weighted by atomic mass is 10.1. The number of carbonyl (C=O) groups excluding carboxylic acids is 1. The molecule has 1 aliphatic heterocycles. The summed E-state index contributed by atoms with van der Waals surface area (Å²) in [6.45, 7) is 6.11. The molecule has 1 fully saturated rings. The molecule has 28 heavy (non-hydrogen) atoms. The third-order valence-electron chi connectivity index (χ3n) is 5.13. The van der Waals surface area contributed by atoms with Gasteiger partial charge in [0.1, 0.15) is 12.1 Å². The minimum absolute atomic E-state index is 0.123. The van der Waals surface area contributed by atoms with E-state index in [9.17, 15) is 4.79 Å². The second-order valence-electron chi connectivity index (χ2n) is 7.31. The predicted molar refractivity (Wildman–Crippen MR) is 113 cm³/mol. The van der Waals surface area contributed by atoms with Gasteiger partial charge in [-0.15, -0.1) is 0 Å². The smallest absolute Gasteiger partial charge is 0.255 e. The average Bonchev–Trinajstić information content (AvgIpc) is 3.25. The molecule has 5 heteroatoms. The first kappa shape index (κ1) is 18.2. The molecule has 1 N–H and O–H groups in total. The fraction of sp³-hybridized carbons (Fsp3) is 0.261. The lowest BCUT2D eigenvalue weighted by Crippen LogP contribution is -2.19. The zero-order chi connectivity index (χ0) is 19.5. The maximum Gasteiger partial charge on any atom is 0.255 e. The highest BCUT2D eigenvalue weighted by Crippen LogP contribution is 2.24. The Morgan fingerprint density at radius 3 is 2.61 bits per heavy atom. The number of aryl methyl sites for hydroxylation is 2. The number of nitrogens with one attached hydrogen (secondary N) is 1. The summed E-state index contributed by atoms with van der Waals surface area (Å²) < 4.78 is 0. The fourth-order valence-corrected chi connectivity index (χ4v) is 3.59. The highest BCUT2D eigenvalue weighted by atomic mass is 16.1. The van der Waals surface area contributed by atoms with Crippen LogP contribution >= 0.6 is 0 Å². The molecule has 1 amide bonds. The highest BCUT2D eigenvalue weighted by Gasteiger charge is 2.15. The molecule has 1 aliphatic rings. The van der Waals surface area contributed by atoms with Gasteiger partial charge in [-0.1, -0.05) is 29.8 Å². The number of hydrogen-bond donors (Lipinski definition) is 1. The zero-order valence-electron chi connectivity index (χ0n) is 16.3. The Morgan fingerprint density at radius 2 is 1.82 bits per heavy atom. The minimum Gasteiger partial charge on any atom is -0.357 e. The second kappa shape index (κ2) is 7.80. The lowest BCUT2D eigenvalue weighted by Gasteiger charge is -2.16. The number of rotatable bonds is 4. The largest absolute Gasteiger partial charge is 0.357 e. The number of anilines is 2. The van der Waals surface area contributed by atoms with Gasteiger partial charge in [-0.25, -0.2) is 9.97 Å². The van der Waals surface area contributed by atoms with Gasteiger partial charge in [0.2, 0.25) is 0 Å². The Bertz CT molecular complexity index is 1010. The van der Waals surface area contributed by atoms with Crippen LogP contribution in [0.2, 0.25) is 0 Å². The molecule has 0 radical (unpaired) electrons. The lowest BCUT2D eigenvalue weighted by molar-refractivity contribution is 0.102. The van der Waals surface area contributed by atoms with Crippen LogP contribution in [0.1, 0.15) is 34.3 Å². The molecule has 0 bridgehead atoms. The molecule has 0 saturated carbocycles. The van der Waals surface area contributed by atoms with Crippen LogP contribution in [0.3, 0.4) is 0 Å². The van der Waals surface area contributed by atoms with Crippen LogP contribution in [0.5, 0.6) is 0 Å². The molecule has 2 heterocycles. The van der Waals surface area contributed by atoms with Crippen molar-refractivity contribution in [3.05, 3.63) is 71.5 Å². The molecule has 0 unspecified atom stereocenters. The van der Waals surface area contributed by atoms with Crippen molar-refractivity contribution < 1.29 is 4.79 Å². The van der Waals surface area contributed by atoms with Crippen LogP contribution in [0.25, 0.3) is 11.3 Å². The number of nitrogens with zero attached hydrogens (tertiary/aromatic N) is 3. The van der Waals surface area contributed by atoms with Crippen molar-refractivity contribution in [1.82, 2.24) is 9.97 Å². The van der Waals surface area contributed by atoms with Crippen molar-refractivity contribution in [2.75, 3.05) is 23.3 Å². The van der Waals surface area contributed by atoms with E-state index in [1.807, 2.05) is 56.3 Å². The van der Waals surface area contributed by atoms with E-state index < -0.39 is 0 Å². The van der Waals surface area contributed by atoms with Crippen molar-refractivity contribution >= 4 is 17.4 Å². The Hall–Kier alpha value is -3.21. The SMILES string of the molecule is Cc1ccc(NC(=O)c2cccc(-c3cc(N4CCCC4)ncn3)c2)c(C)c1. The molecule has 1 aromatic heterocycles. The van der Waals surface area contributed by atoms with Crippen LogP contribution in [0.4, 0.5) is 11.5 Å². The quantitative estimate of drug-likeness (QED) is 0.726. The summed E-state index contributed by atoms with van der Waals surface area (Å²) in [5.41, 5.74) is 5.41. The van der Waals surface area contributed by atoms with E-state index in [0.717, 1.165) is 41.4 Å². The van der Waals surface area contributed by atoms with Crippen LogP contribution in [-0.2, 0) is 0 Å². The maximum absolute atomic E-state index is 12.8. The monoisotopic (exact) mass is 372 g/mol. The molecule has 0 spiro atoms. The second-order valence-corrected chi connectivity index (χ2v) is 7.31. The fourth-order valence-electron chi connectivity index (χ4n) is 3.59. The third-order valence-corrected chi connectivity index (χ3v) is 5.13. The summed E-state index contributed by atoms with van der Waals surface area (Å²) in [5, 5.41) is 3.01. The van der Waals surface area contributed by atoms with Gasteiger partial charge in [0.05, 0.1) is 5.69 Å². The van der Waals surface area contributed by atoms with Crippen LogP contribution in [0, 0.1) is 13.8 Å². The van der Waals surface area contributed by atoms with Crippen molar-refractivity contribution in [2.45, 2.75) is 26.7 Å². The number of amides is 1. The van der Waals surface area contributed by atoms with Gasteiger partial charge in [-0.3, -0.25) is 4.79 Å². The van der Waals surface area contributed by atoms with Crippen molar-refractivity contribution in [3.63, 3.8) is 0 Å². The number of benzene rings is 2. The minimum atomic E-state index is -0.123. The van der Waals surface area contributed by atoms with Crippen LogP contribution in [0.15, 0.2) is 54.9 Å². The summed E-state index contributed by atoms with van der Waals surface area (Å²) in [7, 11) is 0. The number of carbonyl (C=O) groups is 1. The van der Waals surface area contributed by atoms with Crippen molar-refractivity contribution in [3.8, 4) is 11.3 Å². The van der Waals surface area contributed by atoms with E-state index in [1.54, 1.807) is 6.33 Å². The van der Waals surface area contributed by atoms with E-state index in [-0.39, 0.29) is 5.91 Å². The Labute approximate surface area is 165 Å². The van der Waals surface area contributed by atoms with E-state index in [4.69, 9.17) is 0 Å². The summed E-state index contributed by atoms with van der Waals surface area (Å²) in [6, 6.07) is 15.6.